The van der Waals surface area contributed by atoms with E-state index in [-0.39, 0.29) is 11.7 Å². The molecule has 2 aromatic carbocycles. The van der Waals surface area contributed by atoms with Crippen LogP contribution in [-0.2, 0) is 0 Å². The molecule has 0 fully saturated rings. The summed E-state index contributed by atoms with van der Waals surface area (Å²) in [6.45, 7) is 4.72. The third-order valence-corrected chi connectivity index (χ3v) is 2.93. The Labute approximate surface area is 117 Å². The van der Waals surface area contributed by atoms with Crippen molar-refractivity contribution >= 4 is 17.3 Å². The fourth-order valence-corrected chi connectivity index (χ4v) is 2.00. The lowest BCUT2D eigenvalue weighted by atomic mass is 10.1. The highest BCUT2D eigenvalue weighted by atomic mass is 19.1. The van der Waals surface area contributed by atoms with Crippen LogP contribution in [0.15, 0.2) is 42.5 Å². The zero-order valence-corrected chi connectivity index (χ0v) is 11.5. The van der Waals surface area contributed by atoms with E-state index in [1.165, 1.54) is 12.1 Å². The predicted molar refractivity (Wildman–Crippen MR) is 79.7 cm³/mol. The number of hydrogen-bond acceptors (Lipinski definition) is 2. The lowest BCUT2D eigenvalue weighted by Crippen LogP contribution is -2.13. The van der Waals surface area contributed by atoms with Crippen molar-refractivity contribution in [3.05, 3.63) is 59.4 Å². The summed E-state index contributed by atoms with van der Waals surface area (Å²) in [5.41, 5.74) is 2.88. The van der Waals surface area contributed by atoms with E-state index < -0.39 is 0 Å². The van der Waals surface area contributed by atoms with E-state index >= 15 is 0 Å². The first kappa shape index (κ1) is 14.1. The van der Waals surface area contributed by atoms with Gasteiger partial charge >= 0.3 is 0 Å². The molecular weight excluding hydrogens is 255 g/mol. The van der Waals surface area contributed by atoms with Gasteiger partial charge in [-0.1, -0.05) is 6.07 Å². The van der Waals surface area contributed by atoms with Gasteiger partial charge in [0.25, 0.3) is 5.91 Å². The number of carbonyl (C=O) groups is 1. The second kappa shape index (κ2) is 6.19. The molecule has 0 aliphatic heterocycles. The number of aryl methyl sites for hydroxylation is 1. The van der Waals surface area contributed by atoms with E-state index in [9.17, 15) is 9.18 Å². The number of rotatable bonds is 4. The van der Waals surface area contributed by atoms with Gasteiger partial charge in [-0.25, -0.2) is 4.39 Å². The van der Waals surface area contributed by atoms with E-state index in [4.69, 9.17) is 0 Å². The van der Waals surface area contributed by atoms with E-state index in [2.05, 4.69) is 10.6 Å². The van der Waals surface area contributed by atoms with E-state index in [0.717, 1.165) is 17.8 Å². The maximum absolute atomic E-state index is 13.1. The van der Waals surface area contributed by atoms with Crippen molar-refractivity contribution < 1.29 is 9.18 Å². The number of anilines is 2. The topological polar surface area (TPSA) is 41.1 Å². The van der Waals surface area contributed by atoms with Crippen LogP contribution >= 0.6 is 0 Å². The van der Waals surface area contributed by atoms with Crippen molar-refractivity contribution in [1.82, 2.24) is 0 Å². The molecule has 20 heavy (non-hydrogen) atoms. The Balaban J connectivity index is 2.17. The number of amides is 1. The van der Waals surface area contributed by atoms with Gasteiger partial charge in [0, 0.05) is 23.5 Å². The molecule has 0 saturated carbocycles. The Morgan fingerprint density at radius 2 is 1.95 bits per heavy atom. The normalized spacial score (nSPS) is 10.2. The third-order valence-electron chi connectivity index (χ3n) is 2.93. The second-order valence-electron chi connectivity index (χ2n) is 4.52. The molecular formula is C16H17FN2O. The highest BCUT2D eigenvalue weighted by Gasteiger charge is 2.10. The number of nitrogens with one attached hydrogen (secondary N) is 2. The van der Waals surface area contributed by atoms with Crippen LogP contribution in [0.25, 0.3) is 0 Å². The van der Waals surface area contributed by atoms with Crippen LogP contribution in [0.3, 0.4) is 0 Å². The van der Waals surface area contributed by atoms with Gasteiger partial charge < -0.3 is 10.6 Å². The zero-order valence-electron chi connectivity index (χ0n) is 11.5. The summed E-state index contributed by atoms with van der Waals surface area (Å²) in [6, 6.07) is 11.4. The number of carbonyl (C=O) groups excluding carboxylic acids is 1. The monoisotopic (exact) mass is 272 g/mol. The molecule has 0 aromatic heterocycles. The lowest BCUT2D eigenvalue weighted by molar-refractivity contribution is 0.102. The molecule has 0 saturated heterocycles. The first-order valence-corrected chi connectivity index (χ1v) is 6.51. The van der Waals surface area contributed by atoms with Crippen molar-refractivity contribution in [2.24, 2.45) is 0 Å². The fraction of sp³-hybridized carbons (Fsp3) is 0.188. The standard InChI is InChI=1S/C16H17FN2O/c1-3-18-13-7-8-15(11(2)9-13)16(20)19-14-6-4-5-12(17)10-14/h4-10,18H,3H2,1-2H3,(H,19,20). The smallest absolute Gasteiger partial charge is 0.255 e. The minimum Gasteiger partial charge on any atom is -0.385 e. The molecule has 104 valence electrons. The Bertz CT molecular complexity index is 626. The number of halogens is 1. The van der Waals surface area contributed by atoms with Crippen LogP contribution in [0.2, 0.25) is 0 Å². The SMILES string of the molecule is CCNc1ccc(C(=O)Nc2cccc(F)c2)c(C)c1. The van der Waals surface area contributed by atoms with Crippen LogP contribution in [0.4, 0.5) is 15.8 Å². The summed E-state index contributed by atoms with van der Waals surface area (Å²) in [6.07, 6.45) is 0. The summed E-state index contributed by atoms with van der Waals surface area (Å²) < 4.78 is 13.1. The molecule has 0 atom stereocenters. The van der Waals surface area contributed by atoms with Gasteiger partial charge in [-0.2, -0.15) is 0 Å². The van der Waals surface area contributed by atoms with Crippen molar-refractivity contribution in [2.75, 3.05) is 17.2 Å². The molecule has 0 spiro atoms. The Morgan fingerprint density at radius 1 is 1.15 bits per heavy atom. The molecule has 2 rings (SSSR count). The Kier molecular flexibility index (Phi) is 4.35. The van der Waals surface area contributed by atoms with Gasteiger partial charge in [0.15, 0.2) is 0 Å². The average molecular weight is 272 g/mol. The summed E-state index contributed by atoms with van der Waals surface area (Å²) in [7, 11) is 0. The first-order valence-electron chi connectivity index (χ1n) is 6.51. The van der Waals surface area contributed by atoms with Crippen LogP contribution in [0.1, 0.15) is 22.8 Å². The van der Waals surface area contributed by atoms with Crippen molar-refractivity contribution in [3.63, 3.8) is 0 Å². The first-order chi connectivity index (χ1) is 9.60. The number of hydrogen-bond donors (Lipinski definition) is 2. The molecule has 3 nitrogen and oxygen atoms in total. The Hall–Kier alpha value is -2.36. The molecule has 0 unspecified atom stereocenters. The second-order valence-corrected chi connectivity index (χ2v) is 4.52. The van der Waals surface area contributed by atoms with Gasteiger partial charge in [0.1, 0.15) is 5.82 Å². The molecule has 4 heteroatoms. The predicted octanol–water partition coefficient (Wildman–Crippen LogP) is 3.82. The summed E-state index contributed by atoms with van der Waals surface area (Å²) >= 11 is 0. The highest BCUT2D eigenvalue weighted by Crippen LogP contribution is 2.17. The maximum Gasteiger partial charge on any atom is 0.255 e. The van der Waals surface area contributed by atoms with Gasteiger partial charge in [0.05, 0.1) is 0 Å². The highest BCUT2D eigenvalue weighted by molar-refractivity contribution is 6.05. The molecule has 2 N–H and O–H groups in total. The quantitative estimate of drug-likeness (QED) is 0.888. The van der Waals surface area contributed by atoms with Crippen molar-refractivity contribution in [1.29, 1.82) is 0 Å². The summed E-state index contributed by atoms with van der Waals surface area (Å²) in [5, 5.41) is 5.88. The van der Waals surface area contributed by atoms with Gasteiger partial charge in [-0.15, -0.1) is 0 Å². The zero-order chi connectivity index (χ0) is 14.5. The van der Waals surface area contributed by atoms with Gasteiger partial charge in [-0.3, -0.25) is 4.79 Å². The minimum absolute atomic E-state index is 0.240. The molecule has 0 radical (unpaired) electrons. The molecule has 0 bridgehead atoms. The molecule has 0 aliphatic carbocycles. The summed E-state index contributed by atoms with van der Waals surface area (Å²) in [5.74, 6) is -0.613. The van der Waals surface area contributed by atoms with E-state index in [1.54, 1.807) is 18.2 Å². The maximum atomic E-state index is 13.1. The minimum atomic E-state index is -0.373. The van der Waals surface area contributed by atoms with Crippen LogP contribution in [0.5, 0.6) is 0 Å². The van der Waals surface area contributed by atoms with Crippen molar-refractivity contribution in [3.8, 4) is 0 Å². The summed E-state index contributed by atoms with van der Waals surface area (Å²) in [4.78, 5) is 12.2. The van der Waals surface area contributed by atoms with E-state index in [1.807, 2.05) is 26.0 Å². The largest absolute Gasteiger partial charge is 0.385 e. The van der Waals surface area contributed by atoms with Gasteiger partial charge in [-0.05, 0) is 55.8 Å². The number of benzene rings is 2. The molecule has 1 amide bonds. The van der Waals surface area contributed by atoms with Crippen molar-refractivity contribution in [2.45, 2.75) is 13.8 Å². The van der Waals surface area contributed by atoms with E-state index in [0.29, 0.717) is 11.3 Å². The average Bonchev–Trinajstić information content (AvgIpc) is 2.39. The molecule has 0 aliphatic rings. The van der Waals surface area contributed by atoms with Crippen LogP contribution < -0.4 is 10.6 Å². The van der Waals surface area contributed by atoms with Gasteiger partial charge in [0.2, 0.25) is 0 Å². The lowest BCUT2D eigenvalue weighted by Gasteiger charge is -2.10. The van der Waals surface area contributed by atoms with Crippen LogP contribution in [-0.4, -0.2) is 12.5 Å². The molecule has 0 heterocycles. The Morgan fingerprint density at radius 3 is 2.60 bits per heavy atom. The third kappa shape index (κ3) is 3.35. The van der Waals surface area contributed by atoms with Crippen LogP contribution in [0, 0.1) is 12.7 Å². The fourth-order valence-electron chi connectivity index (χ4n) is 2.00. The molecule has 2 aromatic rings.